The van der Waals surface area contributed by atoms with Gasteiger partial charge in [-0.25, -0.2) is 4.79 Å². The first-order chi connectivity index (χ1) is 6.92. The van der Waals surface area contributed by atoms with E-state index in [1.54, 1.807) is 4.90 Å². The van der Waals surface area contributed by atoms with Crippen molar-refractivity contribution in [3.8, 4) is 6.07 Å². The van der Waals surface area contributed by atoms with E-state index in [9.17, 15) is 4.79 Å². The lowest BCUT2D eigenvalue weighted by atomic mass is 10.2. The van der Waals surface area contributed by atoms with Crippen LogP contribution in [0.3, 0.4) is 0 Å². The Labute approximate surface area is 97.4 Å². The number of nitrogens with one attached hydrogen (secondary N) is 1. The van der Waals surface area contributed by atoms with E-state index in [1.165, 1.54) is 0 Å². The van der Waals surface area contributed by atoms with Gasteiger partial charge >= 0.3 is 6.09 Å². The van der Waals surface area contributed by atoms with Gasteiger partial charge in [0.2, 0.25) is 0 Å². The van der Waals surface area contributed by atoms with E-state index in [0.717, 1.165) is 0 Å². The normalized spacial score (nSPS) is 20.6. The molecule has 92 valence electrons. The molecule has 1 amide bonds. The van der Waals surface area contributed by atoms with Crippen LogP contribution < -0.4 is 5.32 Å². The van der Waals surface area contributed by atoms with Crippen molar-refractivity contribution >= 4 is 6.09 Å². The third-order valence-electron chi connectivity index (χ3n) is 1.98. The number of nitrogens with zero attached hydrogens (tertiary/aromatic N) is 2. The molecule has 5 nitrogen and oxygen atoms in total. The molecule has 0 aromatic heterocycles. The number of hydrogen-bond donors (Lipinski definition) is 1. The standard InChI is InChI=1S/C10H17N3O2.CH4/c1-10(2,3)15-9(14)13-5-4-12-8(6-11)7-13;/h8,12H,4-5,7H2,1-3H3;1H4. The molecule has 1 saturated heterocycles. The summed E-state index contributed by atoms with van der Waals surface area (Å²) >= 11 is 0. The van der Waals surface area contributed by atoms with Gasteiger partial charge in [0.1, 0.15) is 11.6 Å². The van der Waals surface area contributed by atoms with Gasteiger partial charge in [-0.15, -0.1) is 0 Å². The molecule has 1 N–H and O–H groups in total. The highest BCUT2D eigenvalue weighted by Crippen LogP contribution is 2.11. The Bertz CT molecular complexity index is 278. The van der Waals surface area contributed by atoms with Crippen molar-refractivity contribution < 1.29 is 9.53 Å². The highest BCUT2D eigenvalue weighted by molar-refractivity contribution is 5.68. The number of amides is 1. The predicted molar refractivity (Wildman–Crippen MR) is 61.9 cm³/mol. The number of carbonyl (C=O) groups excluding carboxylic acids is 1. The second-order valence-corrected chi connectivity index (χ2v) is 4.56. The van der Waals surface area contributed by atoms with Crippen molar-refractivity contribution in [1.82, 2.24) is 10.2 Å². The Morgan fingerprint density at radius 1 is 1.56 bits per heavy atom. The Hall–Kier alpha value is -1.28. The van der Waals surface area contributed by atoms with Crippen LogP contribution in [0.25, 0.3) is 0 Å². The summed E-state index contributed by atoms with van der Waals surface area (Å²) in [4.78, 5) is 13.2. The van der Waals surface area contributed by atoms with Gasteiger partial charge in [-0.1, -0.05) is 7.43 Å². The minimum atomic E-state index is -0.482. The first-order valence-corrected chi connectivity index (χ1v) is 5.03. The largest absolute Gasteiger partial charge is 0.444 e. The second kappa shape index (κ2) is 5.71. The Morgan fingerprint density at radius 2 is 2.19 bits per heavy atom. The highest BCUT2D eigenvalue weighted by Gasteiger charge is 2.26. The number of ether oxygens (including phenoxy) is 1. The van der Waals surface area contributed by atoms with Crippen LogP contribution in [0.5, 0.6) is 0 Å². The maximum atomic E-state index is 11.6. The van der Waals surface area contributed by atoms with Crippen molar-refractivity contribution in [1.29, 1.82) is 5.26 Å². The maximum absolute atomic E-state index is 11.6. The van der Waals surface area contributed by atoms with E-state index in [4.69, 9.17) is 10.00 Å². The molecule has 0 aliphatic carbocycles. The molecule has 1 rings (SSSR count). The molecule has 0 radical (unpaired) electrons. The Balaban J connectivity index is 0.00000225. The van der Waals surface area contributed by atoms with E-state index in [2.05, 4.69) is 11.4 Å². The fraction of sp³-hybridized carbons (Fsp3) is 0.818. The van der Waals surface area contributed by atoms with Crippen molar-refractivity contribution in [3.05, 3.63) is 0 Å². The van der Waals surface area contributed by atoms with Crippen LogP contribution in [0.1, 0.15) is 28.2 Å². The molecule has 16 heavy (non-hydrogen) atoms. The lowest BCUT2D eigenvalue weighted by Crippen LogP contribution is -2.53. The predicted octanol–water partition coefficient (Wildman–Crippen LogP) is 1.35. The topological polar surface area (TPSA) is 65.4 Å². The molecular weight excluding hydrogens is 206 g/mol. The zero-order chi connectivity index (χ0) is 11.5. The second-order valence-electron chi connectivity index (χ2n) is 4.56. The van der Waals surface area contributed by atoms with E-state index in [-0.39, 0.29) is 19.6 Å². The number of rotatable bonds is 0. The molecule has 5 heteroatoms. The van der Waals surface area contributed by atoms with Gasteiger partial charge in [-0.2, -0.15) is 5.26 Å². The lowest BCUT2D eigenvalue weighted by molar-refractivity contribution is 0.0212. The zero-order valence-corrected chi connectivity index (χ0v) is 9.41. The van der Waals surface area contributed by atoms with E-state index < -0.39 is 5.60 Å². The Kier molecular flexibility index (Phi) is 5.25. The summed E-state index contributed by atoms with van der Waals surface area (Å²) in [6.45, 7) is 7.11. The minimum Gasteiger partial charge on any atom is -0.444 e. The van der Waals surface area contributed by atoms with Crippen molar-refractivity contribution in [2.24, 2.45) is 0 Å². The Morgan fingerprint density at radius 3 is 2.69 bits per heavy atom. The highest BCUT2D eigenvalue weighted by atomic mass is 16.6. The van der Waals surface area contributed by atoms with Crippen molar-refractivity contribution in [3.63, 3.8) is 0 Å². The zero-order valence-electron chi connectivity index (χ0n) is 9.41. The monoisotopic (exact) mass is 227 g/mol. The molecule has 0 aromatic rings. The molecule has 1 fully saturated rings. The molecule has 0 saturated carbocycles. The van der Waals surface area contributed by atoms with Crippen LogP contribution in [-0.4, -0.2) is 42.3 Å². The number of hydrogen-bond acceptors (Lipinski definition) is 4. The first-order valence-electron chi connectivity index (χ1n) is 5.03. The fourth-order valence-electron chi connectivity index (χ4n) is 1.33. The van der Waals surface area contributed by atoms with Gasteiger partial charge in [-0.3, -0.25) is 5.32 Å². The minimum absolute atomic E-state index is 0. The van der Waals surface area contributed by atoms with Crippen molar-refractivity contribution in [2.45, 2.75) is 39.8 Å². The smallest absolute Gasteiger partial charge is 0.410 e. The van der Waals surface area contributed by atoms with E-state index in [0.29, 0.717) is 19.6 Å². The van der Waals surface area contributed by atoms with Crippen LogP contribution in [0.15, 0.2) is 0 Å². The molecular formula is C11H21N3O2. The van der Waals surface area contributed by atoms with Gasteiger partial charge in [0.25, 0.3) is 0 Å². The summed E-state index contributed by atoms with van der Waals surface area (Å²) in [5, 5.41) is 11.7. The number of carbonyl (C=O) groups is 1. The van der Waals surface area contributed by atoms with Gasteiger partial charge in [-0.05, 0) is 20.8 Å². The molecule has 1 aliphatic heterocycles. The number of piperazine rings is 1. The van der Waals surface area contributed by atoms with Gasteiger partial charge in [0, 0.05) is 13.1 Å². The number of nitriles is 1. The van der Waals surface area contributed by atoms with Gasteiger partial charge in [0.15, 0.2) is 0 Å². The third kappa shape index (κ3) is 4.49. The van der Waals surface area contributed by atoms with Gasteiger partial charge < -0.3 is 9.64 Å². The van der Waals surface area contributed by atoms with Crippen LogP contribution in [0, 0.1) is 11.3 Å². The van der Waals surface area contributed by atoms with E-state index in [1.807, 2.05) is 20.8 Å². The van der Waals surface area contributed by atoms with Crippen LogP contribution in [0.4, 0.5) is 4.79 Å². The summed E-state index contributed by atoms with van der Waals surface area (Å²) in [6.07, 6.45) is -0.343. The molecule has 0 aromatic carbocycles. The van der Waals surface area contributed by atoms with Gasteiger partial charge in [0.05, 0.1) is 12.6 Å². The summed E-state index contributed by atoms with van der Waals surface area (Å²) in [5.41, 5.74) is -0.482. The van der Waals surface area contributed by atoms with Crippen LogP contribution >= 0.6 is 0 Å². The fourth-order valence-corrected chi connectivity index (χ4v) is 1.33. The van der Waals surface area contributed by atoms with Crippen LogP contribution in [0.2, 0.25) is 0 Å². The lowest BCUT2D eigenvalue weighted by Gasteiger charge is -2.32. The average Bonchev–Trinajstić information content (AvgIpc) is 2.15. The quantitative estimate of drug-likeness (QED) is 0.678. The molecule has 0 spiro atoms. The summed E-state index contributed by atoms with van der Waals surface area (Å²) < 4.78 is 5.22. The average molecular weight is 227 g/mol. The summed E-state index contributed by atoms with van der Waals surface area (Å²) in [5.74, 6) is 0. The summed E-state index contributed by atoms with van der Waals surface area (Å²) in [6, 6.07) is 1.81. The molecule has 1 heterocycles. The van der Waals surface area contributed by atoms with E-state index >= 15 is 0 Å². The summed E-state index contributed by atoms with van der Waals surface area (Å²) in [7, 11) is 0. The SMILES string of the molecule is C.CC(C)(C)OC(=O)N1CCNC(C#N)C1. The molecule has 1 unspecified atom stereocenters. The van der Waals surface area contributed by atoms with Crippen LogP contribution in [-0.2, 0) is 4.74 Å². The first kappa shape index (κ1) is 14.7. The molecule has 0 bridgehead atoms. The molecule has 1 aliphatic rings. The molecule has 1 atom stereocenters. The third-order valence-corrected chi connectivity index (χ3v) is 1.98. The van der Waals surface area contributed by atoms with Crippen molar-refractivity contribution in [2.75, 3.05) is 19.6 Å². The maximum Gasteiger partial charge on any atom is 0.410 e.